The average molecular weight is 449 g/mol. The van der Waals surface area contributed by atoms with Gasteiger partial charge in [-0.05, 0) is 37.3 Å². The number of piperazine rings is 1. The summed E-state index contributed by atoms with van der Waals surface area (Å²) in [6.07, 6.45) is 3.64. The summed E-state index contributed by atoms with van der Waals surface area (Å²) in [6.45, 7) is 7.88. The van der Waals surface area contributed by atoms with Crippen LogP contribution < -0.4 is 20.3 Å². The third-order valence-corrected chi connectivity index (χ3v) is 5.86. The Kier molecular flexibility index (Phi) is 7.81. The van der Waals surface area contributed by atoms with Crippen molar-refractivity contribution >= 4 is 17.4 Å². The Hall–Kier alpha value is -3.52. The van der Waals surface area contributed by atoms with E-state index in [-0.39, 0.29) is 12.1 Å². The van der Waals surface area contributed by atoms with Gasteiger partial charge in [-0.1, -0.05) is 24.3 Å². The molecule has 8 heteroatoms. The normalized spacial score (nSPS) is 15.1. The number of nitrogens with one attached hydrogen (secondary N) is 2. The maximum atomic E-state index is 12.4. The van der Waals surface area contributed by atoms with E-state index in [1.54, 1.807) is 6.20 Å². The molecule has 1 aromatic heterocycles. The van der Waals surface area contributed by atoms with Gasteiger partial charge in [0.25, 0.3) is 0 Å². The van der Waals surface area contributed by atoms with Gasteiger partial charge in [-0.15, -0.1) is 0 Å². The van der Waals surface area contributed by atoms with Crippen LogP contribution in [0.4, 0.5) is 16.2 Å². The van der Waals surface area contributed by atoms with E-state index in [9.17, 15) is 4.79 Å². The fourth-order valence-electron chi connectivity index (χ4n) is 3.96. The zero-order chi connectivity index (χ0) is 22.9. The van der Waals surface area contributed by atoms with Gasteiger partial charge in [-0.3, -0.25) is 9.58 Å². The Labute approximate surface area is 195 Å². The second kappa shape index (κ2) is 11.4. The number of carbonyl (C=O) groups excluding carboxylic acids is 1. The summed E-state index contributed by atoms with van der Waals surface area (Å²) in [5, 5.41) is 10.0. The van der Waals surface area contributed by atoms with Crippen molar-refractivity contribution < 1.29 is 9.53 Å². The SMILES string of the molecule is CC(CNC(=O)Nc1cccc(OCCn2cccn2)c1)N1CCN(c2ccccc2)CC1. The Morgan fingerprint density at radius 3 is 2.64 bits per heavy atom. The van der Waals surface area contributed by atoms with Gasteiger partial charge in [-0.25, -0.2) is 4.79 Å². The lowest BCUT2D eigenvalue weighted by Gasteiger charge is -2.39. The number of benzene rings is 2. The van der Waals surface area contributed by atoms with Crippen LogP contribution in [0.15, 0.2) is 73.1 Å². The number of amides is 2. The van der Waals surface area contributed by atoms with Gasteiger partial charge in [0.2, 0.25) is 0 Å². The highest BCUT2D eigenvalue weighted by atomic mass is 16.5. The summed E-state index contributed by atoms with van der Waals surface area (Å²) in [5.74, 6) is 0.713. The molecule has 2 amide bonds. The number of hydrogen-bond donors (Lipinski definition) is 2. The van der Waals surface area contributed by atoms with E-state index in [4.69, 9.17) is 4.74 Å². The van der Waals surface area contributed by atoms with Crippen LogP contribution in [0.2, 0.25) is 0 Å². The van der Waals surface area contributed by atoms with Crippen LogP contribution in [0, 0.1) is 0 Å². The monoisotopic (exact) mass is 448 g/mol. The predicted molar refractivity (Wildman–Crippen MR) is 131 cm³/mol. The first kappa shape index (κ1) is 22.7. The standard InChI is InChI=1S/C25H32N6O2/c1-21(29-13-15-30(16-14-29)23-8-3-2-4-9-23)20-26-25(32)28-22-7-5-10-24(19-22)33-18-17-31-12-6-11-27-31/h2-12,19,21H,13-18,20H2,1H3,(H2,26,28,32). The van der Waals surface area contributed by atoms with E-state index in [0.717, 1.165) is 26.2 Å². The number of urea groups is 1. The van der Waals surface area contributed by atoms with Crippen LogP contribution in [0.1, 0.15) is 6.92 Å². The molecule has 33 heavy (non-hydrogen) atoms. The van der Waals surface area contributed by atoms with Gasteiger partial charge >= 0.3 is 6.03 Å². The van der Waals surface area contributed by atoms with Crippen LogP contribution in [-0.4, -0.2) is 66.1 Å². The average Bonchev–Trinajstić information content (AvgIpc) is 3.37. The van der Waals surface area contributed by atoms with Crippen molar-refractivity contribution in [3.8, 4) is 5.75 Å². The van der Waals surface area contributed by atoms with Gasteiger partial charge in [0, 0.05) is 68.6 Å². The molecule has 0 radical (unpaired) electrons. The third kappa shape index (κ3) is 6.73. The minimum absolute atomic E-state index is 0.210. The molecular formula is C25H32N6O2. The van der Waals surface area contributed by atoms with Crippen LogP contribution in [0.25, 0.3) is 0 Å². The van der Waals surface area contributed by atoms with Gasteiger partial charge in [0.1, 0.15) is 12.4 Å². The van der Waals surface area contributed by atoms with E-state index in [1.807, 2.05) is 47.3 Å². The maximum absolute atomic E-state index is 12.4. The second-order valence-corrected chi connectivity index (χ2v) is 8.19. The fourth-order valence-corrected chi connectivity index (χ4v) is 3.96. The number of rotatable bonds is 9. The van der Waals surface area contributed by atoms with Crippen LogP contribution in [-0.2, 0) is 6.54 Å². The van der Waals surface area contributed by atoms with E-state index in [1.165, 1.54) is 5.69 Å². The Bertz CT molecular complexity index is 987. The molecular weight excluding hydrogens is 416 g/mol. The molecule has 0 spiro atoms. The van der Waals surface area contributed by atoms with Crippen molar-refractivity contribution in [1.82, 2.24) is 20.0 Å². The van der Waals surface area contributed by atoms with Crippen molar-refractivity contribution in [1.29, 1.82) is 0 Å². The van der Waals surface area contributed by atoms with Gasteiger partial charge in [-0.2, -0.15) is 5.10 Å². The molecule has 3 aromatic rings. The molecule has 1 atom stereocenters. The first-order valence-electron chi connectivity index (χ1n) is 11.5. The first-order chi connectivity index (χ1) is 16.2. The zero-order valence-electron chi connectivity index (χ0n) is 19.1. The molecule has 1 aliphatic rings. The number of ether oxygens (including phenoxy) is 1. The Morgan fingerprint density at radius 1 is 1.06 bits per heavy atom. The topological polar surface area (TPSA) is 74.7 Å². The molecule has 0 aliphatic carbocycles. The molecule has 2 N–H and O–H groups in total. The molecule has 1 fully saturated rings. The number of anilines is 2. The minimum atomic E-state index is -0.210. The summed E-state index contributed by atoms with van der Waals surface area (Å²) >= 11 is 0. The number of nitrogens with zero attached hydrogens (tertiary/aromatic N) is 4. The van der Waals surface area contributed by atoms with Gasteiger partial charge < -0.3 is 20.3 Å². The van der Waals surface area contributed by atoms with E-state index >= 15 is 0 Å². The Morgan fingerprint density at radius 2 is 1.88 bits per heavy atom. The quantitative estimate of drug-likeness (QED) is 0.526. The molecule has 8 nitrogen and oxygen atoms in total. The smallest absolute Gasteiger partial charge is 0.319 e. The molecule has 2 aromatic carbocycles. The van der Waals surface area contributed by atoms with Crippen LogP contribution in [0.3, 0.4) is 0 Å². The van der Waals surface area contributed by atoms with Crippen LogP contribution in [0.5, 0.6) is 5.75 Å². The summed E-state index contributed by atoms with van der Waals surface area (Å²) in [4.78, 5) is 17.3. The van der Waals surface area contributed by atoms with Crippen molar-refractivity contribution in [2.75, 3.05) is 49.5 Å². The molecule has 1 unspecified atom stereocenters. The number of para-hydroxylation sites is 1. The van der Waals surface area contributed by atoms with E-state index in [0.29, 0.717) is 31.1 Å². The molecule has 1 saturated heterocycles. The number of hydrogen-bond acceptors (Lipinski definition) is 5. The molecule has 0 bridgehead atoms. The number of carbonyl (C=O) groups is 1. The van der Waals surface area contributed by atoms with Gasteiger partial charge in [0.15, 0.2) is 0 Å². The molecule has 174 valence electrons. The predicted octanol–water partition coefficient (Wildman–Crippen LogP) is 3.29. The van der Waals surface area contributed by atoms with E-state index in [2.05, 4.69) is 56.7 Å². The summed E-state index contributed by atoms with van der Waals surface area (Å²) in [6, 6.07) is 19.9. The van der Waals surface area contributed by atoms with Crippen molar-refractivity contribution in [2.24, 2.45) is 0 Å². The molecule has 2 heterocycles. The first-order valence-corrected chi connectivity index (χ1v) is 11.5. The second-order valence-electron chi connectivity index (χ2n) is 8.19. The lowest BCUT2D eigenvalue weighted by atomic mass is 10.2. The Balaban J connectivity index is 1.17. The van der Waals surface area contributed by atoms with Crippen LogP contribution >= 0.6 is 0 Å². The molecule has 0 saturated carbocycles. The van der Waals surface area contributed by atoms with E-state index < -0.39 is 0 Å². The lowest BCUT2D eigenvalue weighted by Crippen LogP contribution is -2.52. The highest BCUT2D eigenvalue weighted by Crippen LogP contribution is 2.18. The van der Waals surface area contributed by atoms with Crippen molar-refractivity contribution in [3.63, 3.8) is 0 Å². The highest BCUT2D eigenvalue weighted by Gasteiger charge is 2.21. The summed E-state index contributed by atoms with van der Waals surface area (Å²) in [5.41, 5.74) is 1.98. The lowest BCUT2D eigenvalue weighted by molar-refractivity contribution is 0.192. The minimum Gasteiger partial charge on any atom is -0.492 e. The molecule has 4 rings (SSSR count). The van der Waals surface area contributed by atoms with Crippen molar-refractivity contribution in [2.45, 2.75) is 19.5 Å². The fraction of sp³-hybridized carbons (Fsp3) is 0.360. The zero-order valence-corrected chi connectivity index (χ0v) is 19.1. The molecule has 1 aliphatic heterocycles. The summed E-state index contributed by atoms with van der Waals surface area (Å²) < 4.78 is 7.59. The maximum Gasteiger partial charge on any atom is 0.319 e. The third-order valence-electron chi connectivity index (χ3n) is 5.86. The van der Waals surface area contributed by atoms with Crippen molar-refractivity contribution in [3.05, 3.63) is 73.1 Å². The van der Waals surface area contributed by atoms with Gasteiger partial charge in [0.05, 0.1) is 6.54 Å². The largest absolute Gasteiger partial charge is 0.492 e. The summed E-state index contributed by atoms with van der Waals surface area (Å²) in [7, 11) is 0. The number of aromatic nitrogens is 2. The highest BCUT2D eigenvalue weighted by molar-refractivity contribution is 5.89.